The molecule has 1 aromatic heterocycles. The van der Waals surface area contributed by atoms with Gasteiger partial charge in [-0.15, -0.1) is 0 Å². The zero-order valence-corrected chi connectivity index (χ0v) is 8.37. The van der Waals surface area contributed by atoms with Gasteiger partial charge in [0.2, 0.25) is 5.91 Å². The Bertz CT molecular complexity index is 313. The Labute approximate surface area is 83.0 Å². The van der Waals surface area contributed by atoms with E-state index in [0.29, 0.717) is 12.4 Å². The van der Waals surface area contributed by atoms with Gasteiger partial charge in [-0.3, -0.25) is 4.79 Å². The molecule has 0 spiro atoms. The van der Waals surface area contributed by atoms with Gasteiger partial charge in [0.1, 0.15) is 12.1 Å². The molecule has 1 amide bonds. The first-order chi connectivity index (χ1) is 6.72. The van der Waals surface area contributed by atoms with Gasteiger partial charge >= 0.3 is 0 Å². The normalized spacial score (nSPS) is 9.57. The molecular formula is C9H14N4O. The fourth-order valence-corrected chi connectivity index (χ4v) is 0.982. The number of hydrogen-bond acceptors (Lipinski definition) is 4. The fourth-order valence-electron chi connectivity index (χ4n) is 0.982. The van der Waals surface area contributed by atoms with E-state index in [9.17, 15) is 4.79 Å². The molecule has 0 aliphatic carbocycles. The van der Waals surface area contributed by atoms with Gasteiger partial charge in [-0.1, -0.05) is 0 Å². The van der Waals surface area contributed by atoms with E-state index in [1.54, 1.807) is 6.07 Å². The van der Waals surface area contributed by atoms with E-state index in [-0.39, 0.29) is 12.5 Å². The van der Waals surface area contributed by atoms with Crippen molar-refractivity contribution >= 4 is 11.7 Å². The summed E-state index contributed by atoms with van der Waals surface area (Å²) in [4.78, 5) is 19.0. The molecule has 0 saturated heterocycles. The van der Waals surface area contributed by atoms with Crippen molar-refractivity contribution in [2.24, 2.45) is 0 Å². The number of nitrogens with zero attached hydrogens (tertiary/aromatic N) is 2. The Morgan fingerprint density at radius 1 is 1.50 bits per heavy atom. The van der Waals surface area contributed by atoms with Gasteiger partial charge in [-0.2, -0.15) is 0 Å². The second kappa shape index (κ2) is 5.16. The van der Waals surface area contributed by atoms with Crippen LogP contribution >= 0.6 is 0 Å². The minimum absolute atomic E-state index is 0.0382. The van der Waals surface area contributed by atoms with E-state index >= 15 is 0 Å². The predicted molar refractivity (Wildman–Crippen MR) is 53.9 cm³/mol. The highest BCUT2D eigenvalue weighted by Gasteiger charge is 1.99. The summed E-state index contributed by atoms with van der Waals surface area (Å²) in [6, 6.07) is 1.79. The molecule has 0 atom stereocenters. The minimum atomic E-state index is -0.0382. The van der Waals surface area contributed by atoms with Crippen LogP contribution in [0.2, 0.25) is 0 Å². The number of carbonyl (C=O) groups excluding carboxylic acids is 1. The lowest BCUT2D eigenvalue weighted by atomic mass is 10.4. The minimum Gasteiger partial charge on any atom is -0.361 e. The lowest BCUT2D eigenvalue weighted by molar-refractivity contribution is -0.119. The molecule has 2 N–H and O–H groups in total. The molecule has 5 nitrogen and oxygen atoms in total. The summed E-state index contributed by atoms with van der Waals surface area (Å²) >= 11 is 0. The van der Waals surface area contributed by atoms with Gasteiger partial charge in [-0.05, 0) is 13.8 Å². The molecule has 0 aromatic carbocycles. The van der Waals surface area contributed by atoms with E-state index in [1.165, 1.54) is 6.33 Å². The summed E-state index contributed by atoms with van der Waals surface area (Å²) in [6.45, 7) is 4.64. The second-order valence-electron chi connectivity index (χ2n) is 2.85. The zero-order chi connectivity index (χ0) is 10.4. The number of anilines is 1. The number of nitrogens with one attached hydrogen (secondary N) is 2. The smallest absolute Gasteiger partial charge is 0.239 e. The van der Waals surface area contributed by atoms with Gasteiger partial charge < -0.3 is 10.6 Å². The second-order valence-corrected chi connectivity index (χ2v) is 2.85. The molecule has 0 saturated carbocycles. The van der Waals surface area contributed by atoms with Crippen molar-refractivity contribution in [3.05, 3.63) is 18.1 Å². The van der Waals surface area contributed by atoms with Crippen LogP contribution in [0.3, 0.4) is 0 Å². The van der Waals surface area contributed by atoms with Crippen LogP contribution in [-0.4, -0.2) is 29.0 Å². The Kier molecular flexibility index (Phi) is 3.84. The molecule has 1 aromatic rings. The van der Waals surface area contributed by atoms with Crippen molar-refractivity contribution in [3.63, 3.8) is 0 Å². The maximum absolute atomic E-state index is 11.1. The number of likely N-dealkylation sites (N-methyl/N-ethyl adjacent to an activating group) is 1. The molecule has 1 heterocycles. The van der Waals surface area contributed by atoms with Crippen LogP contribution in [-0.2, 0) is 4.79 Å². The standard InChI is InChI=1S/C9H14N4O/c1-3-10-9(14)5-11-8-4-7(2)12-6-13-8/h4,6H,3,5H2,1-2H3,(H,10,14)(H,11,12,13). The van der Waals surface area contributed by atoms with Crippen LogP contribution < -0.4 is 10.6 Å². The maximum atomic E-state index is 11.1. The van der Waals surface area contributed by atoms with Crippen LogP contribution in [0.5, 0.6) is 0 Å². The first kappa shape index (κ1) is 10.4. The van der Waals surface area contributed by atoms with Crippen molar-refractivity contribution in [2.75, 3.05) is 18.4 Å². The summed E-state index contributed by atoms with van der Waals surface area (Å²) in [5.74, 6) is 0.632. The van der Waals surface area contributed by atoms with Crippen molar-refractivity contribution in [2.45, 2.75) is 13.8 Å². The summed E-state index contributed by atoms with van der Waals surface area (Å²) in [7, 11) is 0. The summed E-state index contributed by atoms with van der Waals surface area (Å²) in [5, 5.41) is 5.59. The van der Waals surface area contributed by atoms with E-state index in [0.717, 1.165) is 5.69 Å². The molecule has 14 heavy (non-hydrogen) atoms. The summed E-state index contributed by atoms with van der Waals surface area (Å²) < 4.78 is 0. The third kappa shape index (κ3) is 3.38. The van der Waals surface area contributed by atoms with Crippen molar-refractivity contribution in [1.82, 2.24) is 15.3 Å². The van der Waals surface area contributed by atoms with Crippen LogP contribution in [0.4, 0.5) is 5.82 Å². The third-order valence-electron chi connectivity index (χ3n) is 1.61. The van der Waals surface area contributed by atoms with Gasteiger partial charge in [0, 0.05) is 18.3 Å². The molecule has 0 radical (unpaired) electrons. The SMILES string of the molecule is CCNC(=O)CNc1cc(C)ncn1. The van der Waals surface area contributed by atoms with E-state index in [1.807, 2.05) is 13.8 Å². The molecule has 0 fully saturated rings. The quantitative estimate of drug-likeness (QED) is 0.725. The van der Waals surface area contributed by atoms with E-state index in [2.05, 4.69) is 20.6 Å². The van der Waals surface area contributed by atoms with Crippen LogP contribution in [0.1, 0.15) is 12.6 Å². The first-order valence-corrected chi connectivity index (χ1v) is 4.51. The molecule has 1 rings (SSSR count). The van der Waals surface area contributed by atoms with Crippen molar-refractivity contribution in [1.29, 1.82) is 0 Å². The topological polar surface area (TPSA) is 66.9 Å². The van der Waals surface area contributed by atoms with Crippen LogP contribution in [0, 0.1) is 6.92 Å². The highest BCUT2D eigenvalue weighted by Crippen LogP contribution is 2.01. The molecule has 76 valence electrons. The fraction of sp³-hybridized carbons (Fsp3) is 0.444. The highest BCUT2D eigenvalue weighted by atomic mass is 16.1. The number of amides is 1. The number of rotatable bonds is 4. The van der Waals surface area contributed by atoms with Crippen molar-refractivity contribution in [3.8, 4) is 0 Å². The van der Waals surface area contributed by atoms with Gasteiger partial charge in [0.25, 0.3) is 0 Å². The monoisotopic (exact) mass is 194 g/mol. The molecule has 5 heteroatoms. The van der Waals surface area contributed by atoms with Gasteiger partial charge in [-0.25, -0.2) is 9.97 Å². The lowest BCUT2D eigenvalue weighted by Crippen LogP contribution is -2.29. The summed E-state index contributed by atoms with van der Waals surface area (Å²) in [5.41, 5.74) is 0.874. The van der Waals surface area contributed by atoms with Gasteiger partial charge in [0.15, 0.2) is 0 Å². The lowest BCUT2D eigenvalue weighted by Gasteiger charge is -2.05. The predicted octanol–water partition coefficient (Wildman–Crippen LogP) is 0.333. The Balaban J connectivity index is 2.41. The van der Waals surface area contributed by atoms with E-state index in [4.69, 9.17) is 0 Å². The van der Waals surface area contributed by atoms with Gasteiger partial charge in [0.05, 0.1) is 6.54 Å². The number of hydrogen-bond donors (Lipinski definition) is 2. The number of carbonyl (C=O) groups is 1. The van der Waals surface area contributed by atoms with Crippen LogP contribution in [0.15, 0.2) is 12.4 Å². The molecule has 0 aliphatic heterocycles. The summed E-state index contributed by atoms with van der Waals surface area (Å²) in [6.07, 6.45) is 1.47. The molecule has 0 unspecified atom stereocenters. The Morgan fingerprint density at radius 3 is 2.93 bits per heavy atom. The molecular weight excluding hydrogens is 180 g/mol. The average molecular weight is 194 g/mol. The average Bonchev–Trinajstić information content (AvgIpc) is 2.15. The largest absolute Gasteiger partial charge is 0.361 e. The first-order valence-electron chi connectivity index (χ1n) is 4.51. The Hall–Kier alpha value is -1.65. The molecule has 0 bridgehead atoms. The van der Waals surface area contributed by atoms with Crippen LogP contribution in [0.25, 0.3) is 0 Å². The Morgan fingerprint density at radius 2 is 2.29 bits per heavy atom. The van der Waals surface area contributed by atoms with Crippen molar-refractivity contribution < 1.29 is 4.79 Å². The van der Waals surface area contributed by atoms with E-state index < -0.39 is 0 Å². The highest BCUT2D eigenvalue weighted by molar-refractivity contribution is 5.80. The number of aryl methyl sites for hydroxylation is 1. The molecule has 0 aliphatic rings. The third-order valence-corrected chi connectivity index (χ3v) is 1.61. The maximum Gasteiger partial charge on any atom is 0.239 e. The number of aromatic nitrogens is 2. The zero-order valence-electron chi connectivity index (χ0n) is 8.37.